The minimum atomic E-state index is -3.66. The fourth-order valence-electron chi connectivity index (χ4n) is 3.10. The quantitative estimate of drug-likeness (QED) is 0.726. The fraction of sp³-hybridized carbons (Fsp3) is 0.438. The van der Waals surface area contributed by atoms with Gasteiger partial charge in [-0.05, 0) is 42.6 Å². The van der Waals surface area contributed by atoms with Crippen LogP contribution in [-0.4, -0.2) is 63.1 Å². The normalized spacial score (nSPS) is 23.1. The van der Waals surface area contributed by atoms with Crippen LogP contribution in [0.3, 0.4) is 0 Å². The highest BCUT2D eigenvalue weighted by molar-refractivity contribution is 7.97. The lowest BCUT2D eigenvalue weighted by atomic mass is 10.1. The third-order valence-electron chi connectivity index (χ3n) is 4.51. The van der Waals surface area contributed by atoms with Gasteiger partial charge in [-0.1, -0.05) is 6.07 Å². The summed E-state index contributed by atoms with van der Waals surface area (Å²) in [5.41, 5.74) is 1.08. The maximum atomic E-state index is 12.9. The minimum Gasteiger partial charge on any atom is -0.301 e. The van der Waals surface area contributed by atoms with E-state index in [1.807, 2.05) is 17.0 Å². The number of aromatic nitrogens is 1. The van der Waals surface area contributed by atoms with E-state index in [0.717, 1.165) is 16.9 Å². The highest BCUT2D eigenvalue weighted by Gasteiger charge is 2.47. The van der Waals surface area contributed by atoms with Crippen LogP contribution in [0.25, 0.3) is 0 Å². The molecule has 25 heavy (non-hydrogen) atoms. The molecule has 2 aromatic heterocycles. The van der Waals surface area contributed by atoms with Crippen molar-refractivity contribution in [1.29, 1.82) is 0 Å². The van der Waals surface area contributed by atoms with Crippen molar-refractivity contribution in [3.63, 3.8) is 0 Å². The van der Waals surface area contributed by atoms with Crippen molar-refractivity contribution < 1.29 is 16.8 Å². The van der Waals surface area contributed by atoms with E-state index in [-0.39, 0.29) is 15.7 Å². The Kier molecular flexibility index (Phi) is 5.29. The van der Waals surface area contributed by atoms with E-state index in [4.69, 9.17) is 0 Å². The third-order valence-corrected chi connectivity index (χ3v) is 10.1. The predicted molar refractivity (Wildman–Crippen MR) is 98.3 cm³/mol. The highest BCUT2D eigenvalue weighted by atomic mass is 32.2. The number of pyridine rings is 1. The maximum absolute atomic E-state index is 12.9. The van der Waals surface area contributed by atoms with E-state index < -0.39 is 31.0 Å². The molecule has 0 amide bonds. The van der Waals surface area contributed by atoms with E-state index in [2.05, 4.69) is 4.98 Å². The van der Waals surface area contributed by atoms with Gasteiger partial charge < -0.3 is 4.90 Å². The van der Waals surface area contributed by atoms with Crippen LogP contribution in [0.15, 0.2) is 46.2 Å². The van der Waals surface area contributed by atoms with Crippen molar-refractivity contribution in [2.75, 3.05) is 25.1 Å². The summed E-state index contributed by atoms with van der Waals surface area (Å²) in [6.45, 7) is 0.584. The molecule has 0 aliphatic carbocycles. The van der Waals surface area contributed by atoms with Gasteiger partial charge in [0.25, 0.3) is 0 Å². The van der Waals surface area contributed by atoms with Crippen molar-refractivity contribution in [3.8, 4) is 0 Å². The second-order valence-corrected chi connectivity index (χ2v) is 11.7. The molecule has 136 valence electrons. The summed E-state index contributed by atoms with van der Waals surface area (Å²) < 4.78 is 50.3. The number of hydrogen-bond acceptors (Lipinski definition) is 7. The van der Waals surface area contributed by atoms with Crippen LogP contribution in [0.2, 0.25) is 0 Å². The van der Waals surface area contributed by atoms with E-state index in [9.17, 15) is 16.8 Å². The second kappa shape index (κ2) is 7.14. The van der Waals surface area contributed by atoms with Crippen LogP contribution in [0.5, 0.6) is 0 Å². The molecule has 2 unspecified atom stereocenters. The highest BCUT2D eigenvalue weighted by Crippen LogP contribution is 2.30. The molecule has 3 rings (SSSR count). The molecule has 9 heteroatoms. The lowest BCUT2D eigenvalue weighted by Crippen LogP contribution is -2.45. The third kappa shape index (κ3) is 4.11. The Morgan fingerprint density at radius 1 is 1.24 bits per heavy atom. The van der Waals surface area contributed by atoms with Gasteiger partial charge in [0.05, 0.1) is 16.8 Å². The Hall–Kier alpha value is -1.29. The van der Waals surface area contributed by atoms with Crippen LogP contribution >= 0.6 is 11.3 Å². The molecule has 0 spiro atoms. The summed E-state index contributed by atoms with van der Waals surface area (Å²) in [4.78, 5) is 5.83. The van der Waals surface area contributed by atoms with Crippen LogP contribution < -0.4 is 0 Å². The molecule has 3 heterocycles. The lowest BCUT2D eigenvalue weighted by Gasteiger charge is -2.28. The zero-order chi connectivity index (χ0) is 18.1. The summed E-state index contributed by atoms with van der Waals surface area (Å²) in [5.74, 6) is -0.424. The van der Waals surface area contributed by atoms with Gasteiger partial charge in [0.2, 0.25) is 0 Å². The van der Waals surface area contributed by atoms with Crippen molar-refractivity contribution in [2.24, 2.45) is 0 Å². The Morgan fingerprint density at radius 2 is 1.96 bits per heavy atom. The monoisotopic (exact) mass is 400 g/mol. The summed E-state index contributed by atoms with van der Waals surface area (Å²) in [6.07, 6.45) is 4.13. The molecule has 1 saturated heterocycles. The SMILES string of the molecule is CN(CCc1ccncc1)C1CS(=O)(=O)CC1S(=O)(=O)c1cccs1. The lowest BCUT2D eigenvalue weighted by molar-refractivity contribution is 0.266. The van der Waals surface area contributed by atoms with Crippen LogP contribution in [0.1, 0.15) is 5.56 Å². The molecule has 1 aliphatic rings. The molecule has 2 atom stereocenters. The summed E-state index contributed by atoms with van der Waals surface area (Å²) in [5, 5.41) is 0.775. The molecule has 0 radical (unpaired) electrons. The molecule has 0 aromatic carbocycles. The van der Waals surface area contributed by atoms with Gasteiger partial charge in [-0.25, -0.2) is 16.8 Å². The van der Waals surface area contributed by atoms with E-state index in [1.165, 1.54) is 0 Å². The Morgan fingerprint density at radius 3 is 2.60 bits per heavy atom. The Bertz CT molecular complexity index is 910. The van der Waals surface area contributed by atoms with Gasteiger partial charge in [0.15, 0.2) is 19.7 Å². The van der Waals surface area contributed by atoms with Crippen molar-refractivity contribution in [1.82, 2.24) is 9.88 Å². The number of sulfone groups is 2. The molecule has 2 aromatic rings. The first kappa shape index (κ1) is 18.5. The van der Waals surface area contributed by atoms with E-state index in [0.29, 0.717) is 13.0 Å². The maximum Gasteiger partial charge on any atom is 0.193 e. The number of thiophene rings is 1. The number of rotatable bonds is 6. The number of nitrogens with zero attached hydrogens (tertiary/aromatic N) is 2. The van der Waals surface area contributed by atoms with Gasteiger partial charge in [-0.3, -0.25) is 4.98 Å². The topological polar surface area (TPSA) is 84.4 Å². The summed E-state index contributed by atoms with van der Waals surface area (Å²) in [7, 11) is -5.23. The number of hydrogen-bond donors (Lipinski definition) is 0. The minimum absolute atomic E-state index is 0.116. The zero-order valence-electron chi connectivity index (χ0n) is 13.8. The second-order valence-electron chi connectivity index (χ2n) is 6.25. The first-order valence-corrected chi connectivity index (χ1v) is 12.1. The molecular weight excluding hydrogens is 380 g/mol. The Balaban J connectivity index is 1.80. The Labute approximate surface area is 152 Å². The van der Waals surface area contributed by atoms with Crippen LogP contribution in [0.4, 0.5) is 0 Å². The van der Waals surface area contributed by atoms with Gasteiger partial charge in [0, 0.05) is 25.0 Å². The molecule has 0 saturated carbocycles. The van der Waals surface area contributed by atoms with Gasteiger partial charge in [-0.15, -0.1) is 11.3 Å². The fourth-order valence-corrected chi connectivity index (χ4v) is 9.23. The molecule has 6 nitrogen and oxygen atoms in total. The molecule has 1 aliphatic heterocycles. The van der Waals surface area contributed by atoms with Crippen molar-refractivity contribution in [3.05, 3.63) is 47.6 Å². The smallest absolute Gasteiger partial charge is 0.193 e. The van der Waals surface area contributed by atoms with Gasteiger partial charge in [0.1, 0.15) is 4.21 Å². The molecule has 0 N–H and O–H groups in total. The van der Waals surface area contributed by atoms with E-state index in [1.54, 1.807) is 37.0 Å². The van der Waals surface area contributed by atoms with Gasteiger partial charge in [-0.2, -0.15) is 0 Å². The predicted octanol–water partition coefficient (Wildman–Crippen LogP) is 1.26. The van der Waals surface area contributed by atoms with Crippen LogP contribution in [-0.2, 0) is 26.1 Å². The van der Waals surface area contributed by atoms with Crippen LogP contribution in [0, 0.1) is 0 Å². The summed E-state index contributed by atoms with van der Waals surface area (Å²) in [6, 6.07) is 6.49. The standard InChI is InChI=1S/C16H20N2O4S3/c1-18(9-6-13-4-7-17-8-5-13)14-11-24(19,20)12-15(14)25(21,22)16-3-2-10-23-16/h2-5,7-8,10,14-15H,6,9,11-12H2,1H3. The first-order chi connectivity index (χ1) is 11.8. The van der Waals surface area contributed by atoms with Crippen molar-refractivity contribution >= 4 is 31.0 Å². The zero-order valence-corrected chi connectivity index (χ0v) is 16.2. The van der Waals surface area contributed by atoms with E-state index >= 15 is 0 Å². The average Bonchev–Trinajstić information content (AvgIpc) is 3.22. The number of likely N-dealkylation sites (N-methyl/N-ethyl adjacent to an activating group) is 1. The largest absolute Gasteiger partial charge is 0.301 e. The van der Waals surface area contributed by atoms with Crippen molar-refractivity contribution in [2.45, 2.75) is 21.9 Å². The molecular formula is C16H20N2O4S3. The summed E-state index contributed by atoms with van der Waals surface area (Å²) >= 11 is 1.13. The molecule has 1 fully saturated rings. The first-order valence-electron chi connectivity index (χ1n) is 7.86. The molecule has 0 bridgehead atoms. The van der Waals surface area contributed by atoms with Gasteiger partial charge >= 0.3 is 0 Å². The average molecular weight is 401 g/mol.